The molecule has 0 aliphatic carbocycles. The van der Waals surface area contributed by atoms with Crippen molar-refractivity contribution in [2.24, 2.45) is 0 Å². The van der Waals surface area contributed by atoms with Gasteiger partial charge < -0.3 is 4.98 Å². The molecule has 0 amide bonds. The zero-order valence-corrected chi connectivity index (χ0v) is 13.1. The predicted octanol–water partition coefficient (Wildman–Crippen LogP) is 1.55. The van der Waals surface area contributed by atoms with Crippen molar-refractivity contribution in [2.45, 2.75) is 18.4 Å². The minimum atomic E-state index is -3.75. The number of sulfonamides is 1. The molecule has 0 bridgehead atoms. The smallest absolute Gasteiger partial charge is 0.266 e. The van der Waals surface area contributed by atoms with Gasteiger partial charge in [0.15, 0.2) is 0 Å². The number of aromatic nitrogens is 2. The fourth-order valence-electron chi connectivity index (χ4n) is 1.77. The fourth-order valence-corrected chi connectivity index (χ4v) is 3.14. The number of nitrogens with zero attached hydrogens (tertiary/aromatic N) is 2. The van der Waals surface area contributed by atoms with Crippen molar-refractivity contribution in [2.75, 3.05) is 7.05 Å². The van der Waals surface area contributed by atoms with Gasteiger partial charge in [-0.25, -0.2) is 8.42 Å². The maximum absolute atomic E-state index is 12.4. The summed E-state index contributed by atoms with van der Waals surface area (Å²) in [7, 11) is -2.31. The Hall–Kier alpha value is -1.70. The van der Waals surface area contributed by atoms with E-state index in [2.05, 4.69) is 9.97 Å². The Morgan fingerprint density at radius 1 is 1.38 bits per heavy atom. The van der Waals surface area contributed by atoms with E-state index in [4.69, 9.17) is 11.6 Å². The lowest BCUT2D eigenvalue weighted by molar-refractivity contribution is 0.461. The highest BCUT2D eigenvalue weighted by atomic mass is 35.5. The van der Waals surface area contributed by atoms with Crippen LogP contribution >= 0.6 is 11.6 Å². The average Bonchev–Trinajstić information content (AvgIpc) is 2.41. The van der Waals surface area contributed by atoms with E-state index < -0.39 is 15.6 Å². The molecule has 0 spiro atoms. The molecule has 0 radical (unpaired) electrons. The molecule has 2 heterocycles. The van der Waals surface area contributed by atoms with E-state index in [0.717, 1.165) is 22.3 Å². The van der Waals surface area contributed by atoms with Crippen LogP contribution in [0.3, 0.4) is 0 Å². The SMILES string of the molecule is Cc1cccc(CN(C)S(=O)(=O)c2c[nH]c(=O)c(Cl)c2)n1. The molecule has 0 aliphatic heterocycles. The van der Waals surface area contributed by atoms with E-state index in [1.54, 1.807) is 6.07 Å². The van der Waals surface area contributed by atoms with Crippen molar-refractivity contribution in [1.29, 1.82) is 0 Å². The normalized spacial score (nSPS) is 11.8. The van der Waals surface area contributed by atoms with Crippen molar-refractivity contribution >= 4 is 21.6 Å². The van der Waals surface area contributed by atoms with Gasteiger partial charge in [-0.05, 0) is 25.1 Å². The molecule has 6 nitrogen and oxygen atoms in total. The first kappa shape index (κ1) is 15.7. The van der Waals surface area contributed by atoms with Crippen molar-refractivity contribution in [1.82, 2.24) is 14.3 Å². The number of hydrogen-bond acceptors (Lipinski definition) is 4. The summed E-state index contributed by atoms with van der Waals surface area (Å²) in [6.07, 6.45) is 1.13. The van der Waals surface area contributed by atoms with Crippen LogP contribution in [-0.2, 0) is 16.6 Å². The summed E-state index contributed by atoms with van der Waals surface area (Å²) in [5.74, 6) is 0. The molecular weight excluding hydrogens is 314 g/mol. The summed E-state index contributed by atoms with van der Waals surface area (Å²) in [5.41, 5.74) is 0.917. The molecule has 0 saturated heterocycles. The highest BCUT2D eigenvalue weighted by molar-refractivity contribution is 7.89. The van der Waals surface area contributed by atoms with Gasteiger partial charge >= 0.3 is 0 Å². The Labute approximate surface area is 127 Å². The third-order valence-electron chi connectivity index (χ3n) is 2.87. The first-order chi connectivity index (χ1) is 9.80. The first-order valence-electron chi connectivity index (χ1n) is 6.08. The average molecular weight is 328 g/mol. The van der Waals surface area contributed by atoms with Crippen LogP contribution in [0.1, 0.15) is 11.4 Å². The molecule has 0 atom stereocenters. The topological polar surface area (TPSA) is 83.1 Å². The number of aromatic amines is 1. The van der Waals surface area contributed by atoms with Crippen molar-refractivity contribution < 1.29 is 8.42 Å². The van der Waals surface area contributed by atoms with Crippen LogP contribution in [0.2, 0.25) is 5.02 Å². The molecule has 8 heteroatoms. The number of aryl methyl sites for hydroxylation is 1. The summed E-state index contributed by atoms with van der Waals surface area (Å²) >= 11 is 5.67. The van der Waals surface area contributed by atoms with Crippen LogP contribution in [-0.4, -0.2) is 29.7 Å². The quantitative estimate of drug-likeness (QED) is 0.923. The van der Waals surface area contributed by atoms with Crippen molar-refractivity contribution in [3.63, 3.8) is 0 Å². The maximum atomic E-state index is 12.4. The van der Waals surface area contributed by atoms with Crippen LogP contribution in [0.5, 0.6) is 0 Å². The Kier molecular flexibility index (Phi) is 4.46. The molecule has 0 saturated carbocycles. The third kappa shape index (κ3) is 3.49. The molecular formula is C13H14ClN3O3S. The number of pyridine rings is 2. The van der Waals surface area contributed by atoms with Gasteiger partial charge in [0.05, 0.1) is 17.1 Å². The first-order valence-corrected chi connectivity index (χ1v) is 7.89. The molecule has 1 N–H and O–H groups in total. The van der Waals surface area contributed by atoms with Gasteiger partial charge in [-0.1, -0.05) is 17.7 Å². The molecule has 0 aromatic carbocycles. The molecule has 2 rings (SSSR count). The third-order valence-corrected chi connectivity index (χ3v) is 4.93. The second-order valence-electron chi connectivity index (χ2n) is 4.54. The van der Waals surface area contributed by atoms with Crippen molar-refractivity contribution in [3.05, 3.63) is 57.2 Å². The van der Waals surface area contributed by atoms with E-state index in [0.29, 0.717) is 5.69 Å². The number of rotatable bonds is 4. The van der Waals surface area contributed by atoms with Gasteiger partial charge in [0, 0.05) is 18.9 Å². The largest absolute Gasteiger partial charge is 0.326 e. The van der Waals surface area contributed by atoms with Crippen LogP contribution < -0.4 is 5.56 Å². The lowest BCUT2D eigenvalue weighted by atomic mass is 10.3. The molecule has 0 aliphatic rings. The standard InChI is InChI=1S/C13H14ClN3O3S/c1-9-4-3-5-10(16-9)8-17(2)21(19,20)11-6-12(14)13(18)15-7-11/h3-7H,8H2,1-2H3,(H,15,18). The second-order valence-corrected chi connectivity index (χ2v) is 7.00. The molecule has 2 aromatic heterocycles. The Morgan fingerprint density at radius 3 is 2.71 bits per heavy atom. The predicted molar refractivity (Wildman–Crippen MR) is 79.7 cm³/mol. The Morgan fingerprint density at radius 2 is 2.10 bits per heavy atom. The summed E-state index contributed by atoms with van der Waals surface area (Å²) in [6, 6.07) is 6.53. The van der Waals surface area contributed by atoms with E-state index >= 15 is 0 Å². The maximum Gasteiger partial charge on any atom is 0.266 e. The lowest BCUT2D eigenvalue weighted by Gasteiger charge is -2.17. The van der Waals surface area contributed by atoms with Gasteiger partial charge in [0.2, 0.25) is 10.0 Å². The van der Waals surface area contributed by atoms with Gasteiger partial charge in [0.1, 0.15) is 5.02 Å². The molecule has 0 fully saturated rings. The number of H-pyrrole nitrogens is 1. The Bertz CT molecular complexity index is 817. The zero-order chi connectivity index (χ0) is 15.6. The van der Waals surface area contributed by atoms with Gasteiger partial charge in [-0.3, -0.25) is 9.78 Å². The van der Waals surface area contributed by atoms with Crippen LogP contribution in [0, 0.1) is 6.92 Å². The number of hydrogen-bond donors (Lipinski definition) is 1. The highest BCUT2D eigenvalue weighted by Gasteiger charge is 2.22. The monoisotopic (exact) mass is 327 g/mol. The summed E-state index contributed by atoms with van der Waals surface area (Å²) < 4.78 is 26.0. The second kappa shape index (κ2) is 5.97. The minimum absolute atomic E-state index is 0.0674. The zero-order valence-electron chi connectivity index (χ0n) is 11.5. The number of nitrogens with one attached hydrogen (secondary N) is 1. The highest BCUT2D eigenvalue weighted by Crippen LogP contribution is 2.17. The fraction of sp³-hybridized carbons (Fsp3) is 0.231. The van der Waals surface area contributed by atoms with Crippen molar-refractivity contribution in [3.8, 4) is 0 Å². The molecule has 0 unspecified atom stereocenters. The lowest BCUT2D eigenvalue weighted by Crippen LogP contribution is -2.27. The van der Waals surface area contributed by atoms with E-state index in [1.165, 1.54) is 7.05 Å². The number of halogens is 1. The van der Waals surface area contributed by atoms with E-state index in [9.17, 15) is 13.2 Å². The van der Waals surface area contributed by atoms with Crippen LogP contribution in [0.4, 0.5) is 0 Å². The van der Waals surface area contributed by atoms with Gasteiger partial charge in [-0.15, -0.1) is 0 Å². The summed E-state index contributed by atoms with van der Waals surface area (Å²) in [5, 5.41) is -0.168. The van der Waals surface area contributed by atoms with Gasteiger partial charge in [-0.2, -0.15) is 4.31 Å². The van der Waals surface area contributed by atoms with E-state index in [-0.39, 0.29) is 16.5 Å². The minimum Gasteiger partial charge on any atom is -0.326 e. The Balaban J connectivity index is 2.30. The van der Waals surface area contributed by atoms with E-state index in [1.807, 2.05) is 19.1 Å². The summed E-state index contributed by atoms with van der Waals surface area (Å²) in [4.78, 5) is 17.7. The van der Waals surface area contributed by atoms with Crippen LogP contribution in [0.15, 0.2) is 40.2 Å². The van der Waals surface area contributed by atoms with Crippen LogP contribution in [0.25, 0.3) is 0 Å². The van der Waals surface area contributed by atoms with Gasteiger partial charge in [0.25, 0.3) is 5.56 Å². The molecule has 2 aromatic rings. The summed E-state index contributed by atoms with van der Waals surface area (Å²) in [6.45, 7) is 1.96. The molecule has 21 heavy (non-hydrogen) atoms. The molecule has 112 valence electrons.